The molecule has 1 unspecified atom stereocenters. The molecule has 0 heterocycles. The Balaban J connectivity index is 2.87. The van der Waals surface area contributed by atoms with Gasteiger partial charge in [-0.1, -0.05) is 31.5 Å². The number of rotatable bonds is 3. The summed E-state index contributed by atoms with van der Waals surface area (Å²) in [6, 6.07) is 6.77. The highest BCUT2D eigenvalue weighted by atomic mass is 35.5. The van der Waals surface area contributed by atoms with E-state index in [1.165, 1.54) is 0 Å². The molecular weight excluding hydrogens is 236 g/mol. The topological polar surface area (TPSA) is 52.9 Å². The third-order valence-corrected chi connectivity index (χ3v) is 2.77. The molecule has 0 radical (unpaired) electrons. The van der Waals surface area contributed by atoms with Crippen molar-refractivity contribution in [3.8, 4) is 6.07 Å². The highest BCUT2D eigenvalue weighted by Gasteiger charge is 2.17. The summed E-state index contributed by atoms with van der Waals surface area (Å²) in [7, 11) is 0. The van der Waals surface area contributed by atoms with Gasteiger partial charge in [0.2, 0.25) is 0 Å². The standard InChI is InChI=1S/C13H15ClN2O/c1-8(2)12(7-15)16-13(17)10-5-4-9(3)6-11(10)14/h4-6,8,12H,1-3H3,(H,16,17). The molecule has 4 heteroatoms. The Kier molecular flexibility index (Phi) is 4.53. The van der Waals surface area contributed by atoms with Crippen molar-refractivity contribution in [2.45, 2.75) is 26.8 Å². The molecule has 0 spiro atoms. The Hall–Kier alpha value is -1.53. The Morgan fingerprint density at radius 3 is 2.59 bits per heavy atom. The molecule has 1 amide bonds. The lowest BCUT2D eigenvalue weighted by atomic mass is 10.1. The summed E-state index contributed by atoms with van der Waals surface area (Å²) >= 11 is 5.99. The lowest BCUT2D eigenvalue weighted by Crippen LogP contribution is -2.37. The first-order valence-electron chi connectivity index (χ1n) is 5.42. The van der Waals surface area contributed by atoms with Gasteiger partial charge in [-0.05, 0) is 30.5 Å². The van der Waals surface area contributed by atoms with Crippen molar-refractivity contribution >= 4 is 17.5 Å². The van der Waals surface area contributed by atoms with Crippen LogP contribution in [0, 0.1) is 24.2 Å². The molecular formula is C13H15ClN2O. The van der Waals surface area contributed by atoms with Crippen LogP contribution < -0.4 is 5.32 Å². The molecule has 0 aliphatic heterocycles. The quantitative estimate of drug-likeness (QED) is 0.897. The average molecular weight is 251 g/mol. The van der Waals surface area contributed by atoms with Gasteiger partial charge >= 0.3 is 0 Å². The number of amides is 1. The second-order valence-electron chi connectivity index (χ2n) is 4.31. The number of aryl methyl sites for hydroxylation is 1. The van der Waals surface area contributed by atoms with Crippen molar-refractivity contribution < 1.29 is 4.79 Å². The Morgan fingerprint density at radius 1 is 1.47 bits per heavy atom. The van der Waals surface area contributed by atoms with Crippen molar-refractivity contribution in [1.82, 2.24) is 5.32 Å². The second kappa shape index (κ2) is 5.70. The number of carbonyl (C=O) groups excluding carboxylic acids is 1. The Bertz CT molecular complexity index is 463. The first-order valence-corrected chi connectivity index (χ1v) is 5.80. The summed E-state index contributed by atoms with van der Waals surface area (Å²) in [5, 5.41) is 12.0. The summed E-state index contributed by atoms with van der Waals surface area (Å²) in [4.78, 5) is 11.9. The van der Waals surface area contributed by atoms with Crippen molar-refractivity contribution in [3.05, 3.63) is 34.3 Å². The Labute approximate surface area is 106 Å². The molecule has 0 fully saturated rings. The maximum absolute atomic E-state index is 11.9. The van der Waals surface area contributed by atoms with Crippen LogP contribution in [0.2, 0.25) is 5.02 Å². The van der Waals surface area contributed by atoms with E-state index in [0.717, 1.165) is 5.56 Å². The number of halogens is 1. The van der Waals surface area contributed by atoms with Gasteiger partial charge in [-0.3, -0.25) is 4.79 Å². The first kappa shape index (κ1) is 13.5. The highest BCUT2D eigenvalue weighted by molar-refractivity contribution is 6.33. The minimum atomic E-state index is -0.500. The molecule has 1 aromatic carbocycles. The van der Waals surface area contributed by atoms with E-state index in [2.05, 4.69) is 11.4 Å². The molecule has 1 atom stereocenters. The number of benzene rings is 1. The van der Waals surface area contributed by atoms with Gasteiger partial charge in [0.15, 0.2) is 0 Å². The number of nitrogens with zero attached hydrogens (tertiary/aromatic N) is 1. The highest BCUT2D eigenvalue weighted by Crippen LogP contribution is 2.17. The van der Waals surface area contributed by atoms with Crippen molar-refractivity contribution in [2.75, 3.05) is 0 Å². The van der Waals surface area contributed by atoms with E-state index in [4.69, 9.17) is 16.9 Å². The van der Waals surface area contributed by atoms with E-state index in [1.807, 2.05) is 26.8 Å². The van der Waals surface area contributed by atoms with E-state index < -0.39 is 6.04 Å². The minimum absolute atomic E-state index is 0.0631. The summed E-state index contributed by atoms with van der Waals surface area (Å²) in [6.07, 6.45) is 0. The van der Waals surface area contributed by atoms with E-state index >= 15 is 0 Å². The van der Waals surface area contributed by atoms with Crippen LogP contribution in [-0.4, -0.2) is 11.9 Å². The molecule has 0 aliphatic rings. The average Bonchev–Trinajstić information content (AvgIpc) is 2.24. The maximum atomic E-state index is 11.9. The first-order chi connectivity index (χ1) is 7.95. The number of nitrogens with one attached hydrogen (secondary N) is 1. The zero-order valence-electron chi connectivity index (χ0n) is 10.1. The van der Waals surface area contributed by atoms with Crippen LogP contribution in [0.5, 0.6) is 0 Å². The summed E-state index contributed by atoms with van der Waals surface area (Å²) < 4.78 is 0. The van der Waals surface area contributed by atoms with Crippen LogP contribution in [0.25, 0.3) is 0 Å². The molecule has 0 aliphatic carbocycles. The summed E-state index contributed by atoms with van der Waals surface area (Å²) in [5.74, 6) is -0.247. The number of hydrogen-bond donors (Lipinski definition) is 1. The van der Waals surface area contributed by atoms with Crippen LogP contribution in [0.15, 0.2) is 18.2 Å². The van der Waals surface area contributed by atoms with Gasteiger partial charge in [0.25, 0.3) is 5.91 Å². The van der Waals surface area contributed by atoms with Crippen LogP contribution in [0.4, 0.5) is 0 Å². The van der Waals surface area contributed by atoms with E-state index in [-0.39, 0.29) is 11.8 Å². The smallest absolute Gasteiger partial charge is 0.253 e. The van der Waals surface area contributed by atoms with Gasteiger partial charge in [-0.25, -0.2) is 0 Å². The lowest BCUT2D eigenvalue weighted by molar-refractivity contribution is 0.0938. The molecule has 17 heavy (non-hydrogen) atoms. The summed E-state index contributed by atoms with van der Waals surface area (Å²) in [6.45, 7) is 5.66. The molecule has 0 saturated carbocycles. The van der Waals surface area contributed by atoms with Gasteiger partial charge in [-0.15, -0.1) is 0 Å². The van der Waals surface area contributed by atoms with Crippen molar-refractivity contribution in [1.29, 1.82) is 5.26 Å². The monoisotopic (exact) mass is 250 g/mol. The molecule has 0 bridgehead atoms. The number of carbonyl (C=O) groups is 1. The van der Waals surface area contributed by atoms with Crippen LogP contribution in [0.3, 0.4) is 0 Å². The van der Waals surface area contributed by atoms with E-state index in [0.29, 0.717) is 10.6 Å². The zero-order valence-corrected chi connectivity index (χ0v) is 10.9. The molecule has 0 aromatic heterocycles. The third kappa shape index (κ3) is 3.47. The van der Waals surface area contributed by atoms with Gasteiger partial charge in [0.05, 0.1) is 16.7 Å². The fraction of sp³-hybridized carbons (Fsp3) is 0.385. The zero-order chi connectivity index (χ0) is 13.0. The SMILES string of the molecule is Cc1ccc(C(=O)NC(C#N)C(C)C)c(Cl)c1. The molecule has 1 rings (SSSR count). The van der Waals surface area contributed by atoms with Crippen LogP contribution in [-0.2, 0) is 0 Å². The predicted octanol–water partition coefficient (Wildman–Crippen LogP) is 2.93. The van der Waals surface area contributed by atoms with Gasteiger partial charge in [-0.2, -0.15) is 5.26 Å². The van der Waals surface area contributed by atoms with Crippen molar-refractivity contribution in [2.24, 2.45) is 5.92 Å². The van der Waals surface area contributed by atoms with E-state index in [9.17, 15) is 4.79 Å². The molecule has 3 nitrogen and oxygen atoms in total. The van der Waals surface area contributed by atoms with Gasteiger partial charge in [0, 0.05) is 0 Å². The fourth-order valence-electron chi connectivity index (χ4n) is 1.37. The largest absolute Gasteiger partial charge is 0.336 e. The maximum Gasteiger partial charge on any atom is 0.253 e. The Morgan fingerprint density at radius 2 is 2.12 bits per heavy atom. The lowest BCUT2D eigenvalue weighted by Gasteiger charge is -2.15. The molecule has 0 saturated heterocycles. The summed E-state index contributed by atoms with van der Waals surface area (Å²) in [5.41, 5.74) is 1.39. The van der Waals surface area contributed by atoms with Crippen LogP contribution >= 0.6 is 11.6 Å². The van der Waals surface area contributed by atoms with Gasteiger partial charge in [0.1, 0.15) is 6.04 Å². The van der Waals surface area contributed by atoms with Gasteiger partial charge < -0.3 is 5.32 Å². The molecule has 90 valence electrons. The number of nitriles is 1. The fourth-order valence-corrected chi connectivity index (χ4v) is 1.69. The number of hydrogen-bond acceptors (Lipinski definition) is 2. The normalized spacial score (nSPS) is 12.0. The second-order valence-corrected chi connectivity index (χ2v) is 4.71. The van der Waals surface area contributed by atoms with E-state index in [1.54, 1.807) is 12.1 Å². The third-order valence-electron chi connectivity index (χ3n) is 2.46. The molecule has 1 N–H and O–H groups in total. The molecule has 1 aromatic rings. The van der Waals surface area contributed by atoms with Crippen LogP contribution in [0.1, 0.15) is 29.8 Å². The van der Waals surface area contributed by atoms with Crippen molar-refractivity contribution in [3.63, 3.8) is 0 Å². The predicted molar refractivity (Wildman–Crippen MR) is 67.9 cm³/mol. The minimum Gasteiger partial charge on any atom is -0.336 e.